The number of rotatable bonds is 6. The fourth-order valence-electron chi connectivity index (χ4n) is 1.41. The number of aliphatic carboxylic acids is 1. The van der Waals surface area contributed by atoms with Gasteiger partial charge in [0.2, 0.25) is 10.0 Å². The Kier molecular flexibility index (Phi) is 5.60. The summed E-state index contributed by atoms with van der Waals surface area (Å²) in [4.78, 5) is 10.6. The SMILES string of the molecule is O=C(O)C(CCC(F)(F)F)NS(=O)(=O)c1ccc(Cl)cc1. The third kappa shape index (κ3) is 5.90. The minimum absolute atomic E-state index is 0.265. The molecule has 0 bridgehead atoms. The number of sulfonamides is 1. The van der Waals surface area contributed by atoms with Crippen molar-refractivity contribution in [2.24, 2.45) is 0 Å². The van der Waals surface area contributed by atoms with Gasteiger partial charge in [0.05, 0.1) is 4.90 Å². The van der Waals surface area contributed by atoms with Gasteiger partial charge in [-0.3, -0.25) is 4.79 Å². The van der Waals surface area contributed by atoms with E-state index in [9.17, 15) is 26.4 Å². The third-order valence-corrected chi connectivity index (χ3v) is 4.18. The van der Waals surface area contributed by atoms with Gasteiger partial charge in [0, 0.05) is 11.4 Å². The van der Waals surface area contributed by atoms with Crippen LogP contribution in [0.3, 0.4) is 0 Å². The van der Waals surface area contributed by atoms with Crippen molar-refractivity contribution in [1.29, 1.82) is 0 Å². The maximum absolute atomic E-state index is 12.1. The predicted octanol–water partition coefficient (Wildman–Crippen LogP) is 2.41. The van der Waals surface area contributed by atoms with Crippen LogP contribution in [-0.2, 0) is 14.8 Å². The smallest absolute Gasteiger partial charge is 0.389 e. The van der Waals surface area contributed by atoms with Gasteiger partial charge in [-0.2, -0.15) is 17.9 Å². The molecule has 21 heavy (non-hydrogen) atoms. The molecule has 0 amide bonds. The first-order chi connectivity index (χ1) is 9.51. The molecule has 118 valence electrons. The van der Waals surface area contributed by atoms with Crippen molar-refractivity contribution >= 4 is 27.6 Å². The molecule has 0 heterocycles. The predicted molar refractivity (Wildman–Crippen MR) is 68.5 cm³/mol. The van der Waals surface area contributed by atoms with Crippen molar-refractivity contribution in [3.63, 3.8) is 0 Å². The van der Waals surface area contributed by atoms with E-state index < -0.39 is 41.1 Å². The summed E-state index contributed by atoms with van der Waals surface area (Å²) in [5.74, 6) is -1.68. The Hall–Kier alpha value is -1.32. The Morgan fingerprint density at radius 2 is 1.81 bits per heavy atom. The van der Waals surface area contributed by atoms with Crippen LogP contribution in [0.25, 0.3) is 0 Å². The molecule has 0 fully saturated rings. The van der Waals surface area contributed by atoms with Crippen LogP contribution in [0.5, 0.6) is 0 Å². The highest BCUT2D eigenvalue weighted by Crippen LogP contribution is 2.23. The molecule has 0 spiro atoms. The Labute approximate surface area is 123 Å². The molecule has 5 nitrogen and oxygen atoms in total. The van der Waals surface area contributed by atoms with Crippen LogP contribution in [0, 0.1) is 0 Å². The monoisotopic (exact) mass is 345 g/mol. The van der Waals surface area contributed by atoms with E-state index in [-0.39, 0.29) is 9.92 Å². The fraction of sp³-hybridized carbons (Fsp3) is 0.364. The number of hydrogen-bond donors (Lipinski definition) is 2. The van der Waals surface area contributed by atoms with Gasteiger partial charge in [-0.25, -0.2) is 8.42 Å². The molecule has 0 aromatic heterocycles. The molecule has 0 radical (unpaired) electrons. The van der Waals surface area contributed by atoms with Crippen LogP contribution >= 0.6 is 11.6 Å². The number of carbonyl (C=O) groups is 1. The van der Waals surface area contributed by atoms with Crippen LogP contribution in [0.4, 0.5) is 13.2 Å². The van der Waals surface area contributed by atoms with E-state index >= 15 is 0 Å². The molecule has 0 saturated heterocycles. The standard InChI is InChI=1S/C11H11ClF3NO4S/c12-7-1-3-8(4-2-7)21(19,20)16-9(10(17)18)5-6-11(13,14)15/h1-4,9,16H,5-6H2,(H,17,18). The van der Waals surface area contributed by atoms with Crippen molar-refractivity contribution in [2.45, 2.75) is 30.0 Å². The molecule has 2 N–H and O–H groups in total. The number of benzene rings is 1. The van der Waals surface area contributed by atoms with Gasteiger partial charge in [-0.05, 0) is 30.7 Å². The third-order valence-electron chi connectivity index (χ3n) is 2.44. The normalized spacial score (nSPS) is 13.9. The van der Waals surface area contributed by atoms with Gasteiger partial charge in [0.15, 0.2) is 0 Å². The van der Waals surface area contributed by atoms with E-state index in [1.165, 1.54) is 12.1 Å². The molecule has 0 saturated carbocycles. The van der Waals surface area contributed by atoms with Crippen LogP contribution in [0.2, 0.25) is 5.02 Å². The number of nitrogens with one attached hydrogen (secondary N) is 1. The van der Waals surface area contributed by atoms with Crippen LogP contribution in [0.1, 0.15) is 12.8 Å². The first-order valence-electron chi connectivity index (χ1n) is 5.59. The molecule has 0 aliphatic carbocycles. The minimum atomic E-state index is -4.57. The highest BCUT2D eigenvalue weighted by atomic mass is 35.5. The minimum Gasteiger partial charge on any atom is -0.480 e. The van der Waals surface area contributed by atoms with Crippen molar-refractivity contribution < 1.29 is 31.5 Å². The summed E-state index contributed by atoms with van der Waals surface area (Å²) < 4.78 is 61.8. The Bertz CT molecular complexity index is 601. The lowest BCUT2D eigenvalue weighted by Crippen LogP contribution is -2.41. The zero-order valence-electron chi connectivity index (χ0n) is 10.4. The maximum atomic E-state index is 12.1. The lowest BCUT2D eigenvalue weighted by atomic mass is 10.2. The molecule has 1 aromatic carbocycles. The fourth-order valence-corrected chi connectivity index (χ4v) is 2.76. The average Bonchev–Trinajstić information content (AvgIpc) is 2.33. The van der Waals surface area contributed by atoms with Crippen molar-refractivity contribution in [3.8, 4) is 0 Å². The Morgan fingerprint density at radius 3 is 2.24 bits per heavy atom. The highest BCUT2D eigenvalue weighted by molar-refractivity contribution is 7.89. The first-order valence-corrected chi connectivity index (χ1v) is 7.45. The second-order valence-electron chi connectivity index (χ2n) is 4.12. The van der Waals surface area contributed by atoms with Gasteiger partial charge in [0.25, 0.3) is 0 Å². The van der Waals surface area contributed by atoms with Gasteiger partial charge < -0.3 is 5.11 Å². The second-order valence-corrected chi connectivity index (χ2v) is 6.27. The molecule has 1 atom stereocenters. The van der Waals surface area contributed by atoms with Gasteiger partial charge in [0.1, 0.15) is 6.04 Å². The Balaban J connectivity index is 2.87. The molecule has 0 aliphatic heterocycles. The lowest BCUT2D eigenvalue weighted by Gasteiger charge is -2.15. The molecular formula is C11H11ClF3NO4S. The van der Waals surface area contributed by atoms with Crippen LogP contribution < -0.4 is 4.72 Å². The summed E-state index contributed by atoms with van der Waals surface area (Å²) in [7, 11) is -4.25. The molecule has 0 aliphatic rings. The molecule has 10 heteroatoms. The summed E-state index contributed by atoms with van der Waals surface area (Å²) in [6.07, 6.45) is -6.88. The topological polar surface area (TPSA) is 83.5 Å². The Morgan fingerprint density at radius 1 is 1.29 bits per heavy atom. The van der Waals surface area contributed by atoms with E-state index in [2.05, 4.69) is 0 Å². The number of hydrogen-bond acceptors (Lipinski definition) is 3. The average molecular weight is 346 g/mol. The van der Waals surface area contributed by atoms with Crippen LogP contribution in [-0.4, -0.2) is 31.7 Å². The number of carboxylic acid groups (broad SMARTS) is 1. The molecule has 1 unspecified atom stereocenters. The first kappa shape index (κ1) is 17.7. The van der Waals surface area contributed by atoms with E-state index in [1.807, 2.05) is 0 Å². The zero-order chi connectivity index (χ0) is 16.3. The lowest BCUT2D eigenvalue weighted by molar-refractivity contribution is -0.145. The summed E-state index contributed by atoms with van der Waals surface area (Å²) in [5.41, 5.74) is 0. The van der Waals surface area contributed by atoms with Crippen molar-refractivity contribution in [1.82, 2.24) is 4.72 Å². The largest absolute Gasteiger partial charge is 0.480 e. The number of carboxylic acids is 1. The van der Waals surface area contributed by atoms with Gasteiger partial charge in [-0.15, -0.1) is 0 Å². The quantitative estimate of drug-likeness (QED) is 0.829. The van der Waals surface area contributed by atoms with E-state index in [0.717, 1.165) is 12.1 Å². The van der Waals surface area contributed by atoms with Gasteiger partial charge >= 0.3 is 12.1 Å². The summed E-state index contributed by atoms with van der Waals surface area (Å²) in [6.45, 7) is 0. The van der Waals surface area contributed by atoms with Crippen molar-refractivity contribution in [3.05, 3.63) is 29.3 Å². The second kappa shape index (κ2) is 6.63. The number of alkyl halides is 3. The van der Waals surface area contributed by atoms with E-state index in [1.54, 1.807) is 4.72 Å². The van der Waals surface area contributed by atoms with E-state index in [4.69, 9.17) is 16.7 Å². The van der Waals surface area contributed by atoms with Crippen LogP contribution in [0.15, 0.2) is 29.2 Å². The highest BCUT2D eigenvalue weighted by Gasteiger charge is 2.32. The summed E-state index contributed by atoms with van der Waals surface area (Å²) >= 11 is 5.58. The van der Waals surface area contributed by atoms with Gasteiger partial charge in [-0.1, -0.05) is 11.6 Å². The zero-order valence-corrected chi connectivity index (χ0v) is 12.0. The summed E-state index contributed by atoms with van der Waals surface area (Å²) in [6, 6.07) is 2.90. The molecular weight excluding hydrogens is 335 g/mol. The maximum Gasteiger partial charge on any atom is 0.389 e. The van der Waals surface area contributed by atoms with E-state index in [0.29, 0.717) is 0 Å². The molecule has 1 aromatic rings. The number of halogens is 4. The summed E-state index contributed by atoms with van der Waals surface area (Å²) in [5, 5.41) is 9.07. The van der Waals surface area contributed by atoms with Crippen molar-refractivity contribution in [2.75, 3.05) is 0 Å². The molecule has 1 rings (SSSR count).